The molecule has 2 unspecified atom stereocenters. The Hall–Kier alpha value is -1.33. The van der Waals surface area contributed by atoms with Crippen LogP contribution in [0.15, 0.2) is 23.1 Å². The zero-order valence-electron chi connectivity index (χ0n) is 14.3. The van der Waals surface area contributed by atoms with Gasteiger partial charge in [0.25, 0.3) is 0 Å². The fraction of sp³-hybridized carbons (Fsp3) is 0.706. The summed E-state index contributed by atoms with van der Waals surface area (Å²) in [4.78, 5) is 14.0. The van der Waals surface area contributed by atoms with Gasteiger partial charge in [0.2, 0.25) is 5.91 Å². The van der Waals surface area contributed by atoms with Gasteiger partial charge in [0, 0.05) is 38.6 Å². The first-order valence-electron chi connectivity index (χ1n) is 8.13. The molecule has 2 atom stereocenters. The number of nitrogens with two attached hydrogens (primary N) is 1. The second-order valence-electron chi connectivity index (χ2n) is 5.82. The Kier molecular flexibility index (Phi) is 7.62. The van der Waals surface area contributed by atoms with Crippen LogP contribution in [0.5, 0.6) is 0 Å². The highest BCUT2D eigenvalue weighted by Crippen LogP contribution is 2.34. The molecular formula is C17H30N2O3. The van der Waals surface area contributed by atoms with Crippen LogP contribution in [0.2, 0.25) is 0 Å². The Balaban J connectivity index is 3.05. The van der Waals surface area contributed by atoms with E-state index in [1.807, 2.05) is 13.8 Å². The highest BCUT2D eigenvalue weighted by molar-refractivity contribution is 5.78. The minimum Gasteiger partial charge on any atom is -0.506 e. The molecule has 1 amide bonds. The van der Waals surface area contributed by atoms with Crippen molar-refractivity contribution in [3.63, 3.8) is 0 Å². The number of amides is 1. The smallest absolute Gasteiger partial charge is 0.226 e. The molecule has 0 saturated carbocycles. The number of nitrogens with zero attached hydrogens (tertiary/aromatic N) is 1. The number of carbonyl (C=O) groups is 1. The van der Waals surface area contributed by atoms with E-state index in [0.29, 0.717) is 31.7 Å². The lowest BCUT2D eigenvalue weighted by Gasteiger charge is -2.34. The SMILES string of the molecule is CCC(=O)N(CCCOC)C1=C(O)C=C(CC)C(C(C)N)C1. The maximum absolute atomic E-state index is 12.3. The van der Waals surface area contributed by atoms with Crippen molar-refractivity contribution in [3.8, 4) is 0 Å². The van der Waals surface area contributed by atoms with Crippen molar-refractivity contribution >= 4 is 5.91 Å². The average Bonchev–Trinajstić information content (AvgIpc) is 2.50. The normalized spacial score (nSPS) is 19.9. The lowest BCUT2D eigenvalue weighted by Crippen LogP contribution is -2.37. The lowest BCUT2D eigenvalue weighted by atomic mass is 9.82. The molecule has 1 rings (SSSR count). The number of rotatable bonds is 8. The van der Waals surface area contributed by atoms with Gasteiger partial charge >= 0.3 is 0 Å². The van der Waals surface area contributed by atoms with Gasteiger partial charge < -0.3 is 20.5 Å². The first-order valence-corrected chi connectivity index (χ1v) is 8.13. The van der Waals surface area contributed by atoms with Gasteiger partial charge in [-0.25, -0.2) is 0 Å². The zero-order valence-corrected chi connectivity index (χ0v) is 14.3. The van der Waals surface area contributed by atoms with Crippen molar-refractivity contribution < 1.29 is 14.6 Å². The summed E-state index contributed by atoms with van der Waals surface area (Å²) in [5.41, 5.74) is 7.95. The Labute approximate surface area is 133 Å². The van der Waals surface area contributed by atoms with Crippen molar-refractivity contribution in [2.45, 2.75) is 52.5 Å². The molecule has 3 N–H and O–H groups in total. The van der Waals surface area contributed by atoms with Crippen LogP contribution in [-0.4, -0.2) is 42.2 Å². The largest absolute Gasteiger partial charge is 0.506 e. The molecule has 0 aromatic carbocycles. The van der Waals surface area contributed by atoms with E-state index < -0.39 is 0 Å². The van der Waals surface area contributed by atoms with Gasteiger partial charge in [-0.3, -0.25) is 4.79 Å². The van der Waals surface area contributed by atoms with Crippen molar-refractivity contribution in [2.24, 2.45) is 11.7 Å². The summed E-state index contributed by atoms with van der Waals surface area (Å²) < 4.78 is 5.07. The van der Waals surface area contributed by atoms with Crippen LogP contribution in [0.25, 0.3) is 0 Å². The van der Waals surface area contributed by atoms with Gasteiger partial charge in [-0.15, -0.1) is 0 Å². The van der Waals surface area contributed by atoms with E-state index in [9.17, 15) is 9.90 Å². The maximum atomic E-state index is 12.3. The van der Waals surface area contributed by atoms with Gasteiger partial charge in [-0.1, -0.05) is 19.4 Å². The molecule has 0 radical (unpaired) electrons. The predicted molar refractivity (Wildman–Crippen MR) is 88.3 cm³/mol. The summed E-state index contributed by atoms with van der Waals surface area (Å²) in [7, 11) is 1.64. The van der Waals surface area contributed by atoms with Crippen LogP contribution < -0.4 is 5.73 Å². The van der Waals surface area contributed by atoms with Gasteiger partial charge in [-0.05, 0) is 32.3 Å². The molecule has 0 aromatic heterocycles. The standard InChI is InChI=1S/C17H30N2O3/c1-5-13-10-16(20)15(11-14(13)12(3)18)19(17(21)6-2)8-7-9-22-4/h10,12,14,20H,5-9,11,18H2,1-4H3. The van der Waals surface area contributed by atoms with E-state index >= 15 is 0 Å². The summed E-state index contributed by atoms with van der Waals surface area (Å²) >= 11 is 0. The summed E-state index contributed by atoms with van der Waals surface area (Å²) in [6, 6.07) is -0.00754. The van der Waals surface area contributed by atoms with Crippen LogP contribution in [0.1, 0.15) is 46.5 Å². The summed E-state index contributed by atoms with van der Waals surface area (Å²) in [6.45, 7) is 7.02. The second-order valence-corrected chi connectivity index (χ2v) is 5.82. The van der Waals surface area contributed by atoms with E-state index in [4.69, 9.17) is 10.5 Å². The van der Waals surface area contributed by atoms with Gasteiger partial charge in [0.05, 0.1) is 5.70 Å². The highest BCUT2D eigenvalue weighted by Gasteiger charge is 2.29. The third-order valence-corrected chi connectivity index (χ3v) is 4.21. The van der Waals surface area contributed by atoms with E-state index in [1.165, 1.54) is 0 Å². The number of aliphatic hydroxyl groups excluding tert-OH is 1. The molecule has 0 aromatic rings. The molecule has 0 heterocycles. The summed E-state index contributed by atoms with van der Waals surface area (Å²) in [5, 5.41) is 10.4. The molecule has 0 spiro atoms. The molecule has 0 bridgehead atoms. The molecule has 0 saturated heterocycles. The number of methoxy groups -OCH3 is 1. The number of aliphatic hydroxyl groups is 1. The van der Waals surface area contributed by atoms with Crippen molar-refractivity contribution in [2.75, 3.05) is 20.3 Å². The first-order chi connectivity index (χ1) is 10.5. The van der Waals surface area contributed by atoms with E-state index in [0.717, 1.165) is 18.4 Å². The Bertz CT molecular complexity index is 441. The van der Waals surface area contributed by atoms with Crippen LogP contribution in [0.3, 0.4) is 0 Å². The number of hydrogen-bond donors (Lipinski definition) is 2. The molecular weight excluding hydrogens is 280 g/mol. The van der Waals surface area contributed by atoms with Crippen molar-refractivity contribution in [1.29, 1.82) is 0 Å². The quantitative estimate of drug-likeness (QED) is 0.676. The topological polar surface area (TPSA) is 75.8 Å². The Morgan fingerprint density at radius 3 is 2.73 bits per heavy atom. The lowest BCUT2D eigenvalue weighted by molar-refractivity contribution is -0.129. The predicted octanol–water partition coefficient (Wildman–Crippen LogP) is 2.73. The number of allylic oxidation sites excluding steroid dienone is 2. The van der Waals surface area contributed by atoms with Gasteiger partial charge in [-0.2, -0.15) is 0 Å². The average molecular weight is 310 g/mol. The molecule has 126 valence electrons. The first kappa shape index (κ1) is 18.7. The zero-order chi connectivity index (χ0) is 16.7. The van der Waals surface area contributed by atoms with Gasteiger partial charge in [0.15, 0.2) is 0 Å². The maximum Gasteiger partial charge on any atom is 0.226 e. The third kappa shape index (κ3) is 4.58. The summed E-state index contributed by atoms with van der Waals surface area (Å²) in [5.74, 6) is 0.396. The highest BCUT2D eigenvalue weighted by atomic mass is 16.5. The van der Waals surface area contributed by atoms with Crippen molar-refractivity contribution in [1.82, 2.24) is 4.90 Å². The van der Waals surface area contributed by atoms with Crippen LogP contribution in [-0.2, 0) is 9.53 Å². The Morgan fingerprint density at radius 1 is 1.55 bits per heavy atom. The van der Waals surface area contributed by atoms with E-state index in [-0.39, 0.29) is 23.6 Å². The minimum atomic E-state index is -0.00754. The van der Waals surface area contributed by atoms with Crippen LogP contribution in [0, 0.1) is 5.92 Å². The number of hydrogen-bond acceptors (Lipinski definition) is 4. The second kappa shape index (κ2) is 8.96. The van der Waals surface area contributed by atoms with E-state index in [1.54, 1.807) is 18.1 Å². The molecule has 1 aliphatic carbocycles. The Morgan fingerprint density at radius 2 is 2.23 bits per heavy atom. The molecule has 22 heavy (non-hydrogen) atoms. The van der Waals surface area contributed by atoms with Crippen LogP contribution in [0.4, 0.5) is 0 Å². The van der Waals surface area contributed by atoms with Crippen LogP contribution >= 0.6 is 0 Å². The molecule has 1 aliphatic rings. The third-order valence-electron chi connectivity index (χ3n) is 4.21. The van der Waals surface area contributed by atoms with Gasteiger partial charge in [0.1, 0.15) is 5.76 Å². The number of ether oxygens (including phenoxy) is 1. The minimum absolute atomic E-state index is 0.00754. The molecule has 5 heteroatoms. The van der Waals surface area contributed by atoms with Crippen molar-refractivity contribution in [3.05, 3.63) is 23.1 Å². The van der Waals surface area contributed by atoms with E-state index in [2.05, 4.69) is 6.92 Å². The molecule has 0 fully saturated rings. The summed E-state index contributed by atoms with van der Waals surface area (Å²) in [6.07, 6.45) is 4.42. The molecule has 5 nitrogen and oxygen atoms in total. The molecule has 0 aliphatic heterocycles. The number of carbonyl (C=O) groups excluding carboxylic acids is 1. The monoisotopic (exact) mass is 310 g/mol. The fourth-order valence-electron chi connectivity index (χ4n) is 2.91. The fourth-order valence-corrected chi connectivity index (χ4v) is 2.91.